The highest BCUT2D eigenvalue weighted by Gasteiger charge is 2.67. The first-order valence-corrected chi connectivity index (χ1v) is 13.3. The molecule has 5 rings (SSSR count). The van der Waals surface area contributed by atoms with E-state index in [1.165, 1.54) is 7.11 Å². The zero-order valence-corrected chi connectivity index (χ0v) is 23.7. The summed E-state index contributed by atoms with van der Waals surface area (Å²) in [4.78, 5) is 32.1. The topological polar surface area (TPSA) is 82.9 Å². The number of nitriles is 1. The number of hydrogen-bond donors (Lipinski definition) is 0. The lowest BCUT2D eigenvalue weighted by atomic mass is 9.68. The van der Waals surface area contributed by atoms with Crippen LogP contribution in [0, 0.1) is 16.7 Å². The first-order chi connectivity index (χ1) is 18.8. The number of carbonyl (C=O) groups is 2. The van der Waals surface area contributed by atoms with Crippen LogP contribution in [0.5, 0.6) is 5.75 Å². The van der Waals surface area contributed by atoms with E-state index in [-0.39, 0.29) is 5.78 Å². The first-order valence-electron chi connectivity index (χ1n) is 12.5. The summed E-state index contributed by atoms with van der Waals surface area (Å²) in [5, 5.41) is 10.8. The Kier molecular flexibility index (Phi) is 6.96. The monoisotopic (exact) mass is 585 g/mol. The molecule has 1 fully saturated rings. The minimum atomic E-state index is -1.68. The molecule has 7 nitrogen and oxygen atoms in total. The smallest absolute Gasteiger partial charge is 0.329 e. The van der Waals surface area contributed by atoms with E-state index in [4.69, 9.17) is 9.47 Å². The van der Waals surface area contributed by atoms with Crippen LogP contribution in [0.4, 0.5) is 11.4 Å². The fraction of sp³-hybridized carbons (Fsp3) is 0.258. The Bertz CT molecular complexity index is 1510. The average molecular weight is 586 g/mol. The van der Waals surface area contributed by atoms with Crippen molar-refractivity contribution in [1.82, 2.24) is 0 Å². The van der Waals surface area contributed by atoms with Gasteiger partial charge in [0.2, 0.25) is 0 Å². The second-order valence-corrected chi connectivity index (χ2v) is 10.7. The maximum Gasteiger partial charge on any atom is 0.329 e. The number of halogens is 1. The molecule has 39 heavy (non-hydrogen) atoms. The summed E-state index contributed by atoms with van der Waals surface area (Å²) < 4.78 is 11.3. The number of Topliss-reactive ketones (excluding diaryl/α,β-unsaturated/α-hetero) is 1. The van der Waals surface area contributed by atoms with Crippen molar-refractivity contribution >= 4 is 45.1 Å². The summed E-state index contributed by atoms with van der Waals surface area (Å²) in [7, 11) is 6.72. The number of hydrogen-bond acceptors (Lipinski definition) is 7. The lowest BCUT2D eigenvalue weighted by Crippen LogP contribution is -2.46. The van der Waals surface area contributed by atoms with Crippen LogP contribution in [-0.4, -0.2) is 52.2 Å². The predicted octanol–water partition coefficient (Wildman–Crippen LogP) is 5.46. The number of anilines is 2. The van der Waals surface area contributed by atoms with Gasteiger partial charge in [-0.3, -0.25) is 9.59 Å². The molecule has 0 aromatic heterocycles. The van der Waals surface area contributed by atoms with Crippen molar-refractivity contribution in [3.63, 3.8) is 0 Å². The van der Waals surface area contributed by atoms with Gasteiger partial charge in [-0.05, 0) is 63.5 Å². The number of benzene rings is 3. The van der Waals surface area contributed by atoms with Crippen LogP contribution in [0.25, 0.3) is 6.08 Å². The molecular formula is C31H28BrN3O4. The minimum absolute atomic E-state index is 0.212. The van der Waals surface area contributed by atoms with Crippen molar-refractivity contribution < 1.29 is 19.1 Å². The van der Waals surface area contributed by atoms with Gasteiger partial charge in [0.25, 0.3) is 0 Å². The first kappa shape index (κ1) is 26.5. The van der Waals surface area contributed by atoms with E-state index in [1.807, 2.05) is 84.6 Å². The molecule has 0 N–H and O–H groups in total. The van der Waals surface area contributed by atoms with Crippen molar-refractivity contribution in [2.75, 3.05) is 38.1 Å². The molecule has 0 spiro atoms. The van der Waals surface area contributed by atoms with Gasteiger partial charge in [0, 0.05) is 37.0 Å². The van der Waals surface area contributed by atoms with E-state index in [0.717, 1.165) is 16.9 Å². The number of rotatable bonds is 6. The van der Waals surface area contributed by atoms with Crippen LogP contribution < -0.4 is 14.5 Å². The zero-order valence-electron chi connectivity index (χ0n) is 22.1. The molecule has 0 amide bonds. The van der Waals surface area contributed by atoms with Crippen molar-refractivity contribution in [2.24, 2.45) is 5.41 Å². The van der Waals surface area contributed by atoms with Gasteiger partial charge in [-0.25, -0.2) is 0 Å². The van der Waals surface area contributed by atoms with Crippen molar-refractivity contribution in [3.8, 4) is 11.8 Å². The summed E-state index contributed by atoms with van der Waals surface area (Å²) in [5.41, 5.74) is 2.12. The fourth-order valence-electron chi connectivity index (χ4n) is 5.88. The summed E-state index contributed by atoms with van der Waals surface area (Å²) in [6.07, 6.45) is 3.76. The Morgan fingerprint density at radius 2 is 1.77 bits per heavy atom. The van der Waals surface area contributed by atoms with Gasteiger partial charge in [0.15, 0.2) is 11.2 Å². The summed E-state index contributed by atoms with van der Waals surface area (Å²) in [5.74, 6) is -1.10. The van der Waals surface area contributed by atoms with E-state index in [2.05, 4.69) is 22.0 Å². The maximum absolute atomic E-state index is 14.5. The molecule has 2 heterocycles. The Labute approximate surface area is 236 Å². The van der Waals surface area contributed by atoms with Gasteiger partial charge in [0.05, 0.1) is 30.8 Å². The summed E-state index contributed by atoms with van der Waals surface area (Å²) in [6, 6.07) is 21.3. The van der Waals surface area contributed by atoms with Gasteiger partial charge < -0.3 is 19.3 Å². The van der Waals surface area contributed by atoms with Gasteiger partial charge in [-0.2, -0.15) is 5.26 Å². The van der Waals surface area contributed by atoms with Gasteiger partial charge in [-0.1, -0.05) is 42.5 Å². The molecule has 1 saturated heterocycles. The molecule has 0 unspecified atom stereocenters. The third-order valence-electron chi connectivity index (χ3n) is 7.73. The molecule has 2 aliphatic heterocycles. The molecule has 0 radical (unpaired) electrons. The number of fused-ring (bicyclic) bond motifs is 3. The maximum atomic E-state index is 14.5. The highest BCUT2D eigenvalue weighted by Crippen LogP contribution is 2.56. The normalized spacial score (nSPS) is 22.9. The number of para-hydroxylation sites is 1. The summed E-state index contributed by atoms with van der Waals surface area (Å²) in [6.45, 7) is 0. The number of esters is 1. The fourth-order valence-corrected chi connectivity index (χ4v) is 6.42. The Hall–Kier alpha value is -4.09. The zero-order chi connectivity index (χ0) is 27.9. The molecule has 0 saturated carbocycles. The van der Waals surface area contributed by atoms with E-state index in [0.29, 0.717) is 21.3 Å². The Morgan fingerprint density at radius 1 is 1.05 bits per heavy atom. The third kappa shape index (κ3) is 4.09. The van der Waals surface area contributed by atoms with E-state index in [9.17, 15) is 14.9 Å². The molecule has 198 valence electrons. The second-order valence-electron chi connectivity index (χ2n) is 9.86. The second kappa shape index (κ2) is 10.2. The van der Waals surface area contributed by atoms with Crippen LogP contribution in [0.15, 0.2) is 77.3 Å². The highest BCUT2D eigenvalue weighted by molar-refractivity contribution is 9.10. The molecule has 3 aromatic carbocycles. The lowest BCUT2D eigenvalue weighted by molar-refractivity contribution is -0.150. The van der Waals surface area contributed by atoms with Gasteiger partial charge in [0.1, 0.15) is 11.8 Å². The number of ketones is 1. The van der Waals surface area contributed by atoms with Crippen LogP contribution in [-0.2, 0) is 9.53 Å². The van der Waals surface area contributed by atoms with Crippen molar-refractivity contribution in [3.05, 3.63) is 94.0 Å². The predicted molar refractivity (Wildman–Crippen MR) is 154 cm³/mol. The van der Waals surface area contributed by atoms with Crippen molar-refractivity contribution in [2.45, 2.75) is 18.0 Å². The molecule has 3 aromatic rings. The SMILES string of the molecule is COC(=O)[C@@]1(C#N)[C@H](c2ccc(N(C)C)cc2)[C@@H](C(=O)c2ccc(OC)c(Br)c2)N2c3ccccc3C=C[C@@H]21. The Balaban J connectivity index is 1.78. The molecule has 0 bridgehead atoms. The quantitative estimate of drug-likeness (QED) is 0.280. The average Bonchev–Trinajstić information content (AvgIpc) is 3.28. The molecule has 4 atom stereocenters. The van der Waals surface area contributed by atoms with Gasteiger partial charge in [-0.15, -0.1) is 0 Å². The number of ether oxygens (including phenoxy) is 2. The van der Waals surface area contributed by atoms with Crippen LogP contribution in [0.1, 0.15) is 27.4 Å². The molecule has 0 aliphatic carbocycles. The third-order valence-corrected chi connectivity index (χ3v) is 8.35. The number of nitrogens with zero attached hydrogens (tertiary/aromatic N) is 3. The van der Waals surface area contributed by atoms with Crippen LogP contribution in [0.2, 0.25) is 0 Å². The molecule has 2 aliphatic rings. The van der Waals surface area contributed by atoms with E-state index in [1.54, 1.807) is 25.3 Å². The molecule has 8 heteroatoms. The lowest BCUT2D eigenvalue weighted by Gasteiger charge is -2.36. The highest BCUT2D eigenvalue weighted by atomic mass is 79.9. The number of methoxy groups -OCH3 is 2. The summed E-state index contributed by atoms with van der Waals surface area (Å²) >= 11 is 3.50. The Morgan fingerprint density at radius 3 is 2.38 bits per heavy atom. The molecular weight excluding hydrogens is 558 g/mol. The van der Waals surface area contributed by atoms with Gasteiger partial charge >= 0.3 is 5.97 Å². The minimum Gasteiger partial charge on any atom is -0.496 e. The standard InChI is InChI=1S/C31H28BrN3O4/c1-34(2)22-13-9-20(10-14-22)27-28(29(36)21-11-15-25(38-3)23(32)17-21)35-24-8-6-5-7-19(24)12-16-26(35)31(27,18-33)30(37)39-4/h5-17,26-28H,1-4H3/t26-,27-,28+,31-/m1/s1. The van der Waals surface area contributed by atoms with Crippen LogP contribution in [0.3, 0.4) is 0 Å². The van der Waals surface area contributed by atoms with Crippen LogP contribution >= 0.6 is 15.9 Å². The van der Waals surface area contributed by atoms with E-state index >= 15 is 0 Å². The largest absolute Gasteiger partial charge is 0.496 e. The number of carbonyl (C=O) groups excluding carboxylic acids is 2. The van der Waals surface area contributed by atoms with E-state index < -0.39 is 29.4 Å². The van der Waals surface area contributed by atoms with Crippen molar-refractivity contribution in [1.29, 1.82) is 5.26 Å².